The fourth-order valence-electron chi connectivity index (χ4n) is 3.09. The predicted molar refractivity (Wildman–Crippen MR) is 111 cm³/mol. The number of anilines is 1. The van der Waals surface area contributed by atoms with Crippen molar-refractivity contribution in [2.45, 2.75) is 43.9 Å². The Labute approximate surface area is 171 Å². The molecule has 8 heteroatoms. The van der Waals surface area contributed by atoms with Gasteiger partial charge in [-0.2, -0.15) is 0 Å². The maximum atomic E-state index is 12.4. The lowest BCUT2D eigenvalue weighted by Gasteiger charge is -2.19. The van der Waals surface area contributed by atoms with Gasteiger partial charge in [-0.25, -0.2) is 8.42 Å². The topological polar surface area (TPSA) is 95.6 Å². The number of sulfonamides is 1. The summed E-state index contributed by atoms with van der Waals surface area (Å²) in [4.78, 5) is 27.8. The van der Waals surface area contributed by atoms with E-state index in [1.807, 2.05) is 12.1 Å². The maximum Gasteiger partial charge on any atom is 0.266 e. The van der Waals surface area contributed by atoms with Crippen LogP contribution in [0.25, 0.3) is 0 Å². The Morgan fingerprint density at radius 3 is 2.14 bits per heavy atom. The first-order chi connectivity index (χ1) is 13.6. The average Bonchev–Trinajstić information content (AvgIpc) is 3.11. The fraction of sp³-hybridized carbons (Fsp3) is 0.333. The summed E-state index contributed by atoms with van der Waals surface area (Å²) in [7, 11) is -3.93. The first kappa shape index (κ1) is 21.0. The van der Waals surface area contributed by atoms with E-state index in [2.05, 4.69) is 31.0 Å². The van der Waals surface area contributed by atoms with E-state index in [0.29, 0.717) is 24.2 Å². The minimum absolute atomic E-state index is 0.00345. The van der Waals surface area contributed by atoms with Crippen LogP contribution in [0, 0.1) is 0 Å². The smallest absolute Gasteiger partial charge is 0.266 e. The molecule has 0 aliphatic carbocycles. The number of benzene rings is 2. The van der Waals surface area contributed by atoms with E-state index >= 15 is 0 Å². The zero-order valence-corrected chi connectivity index (χ0v) is 17.5. The number of nitrogens with one attached hydrogen (secondary N) is 2. The fourth-order valence-corrected chi connectivity index (χ4v) is 3.93. The van der Waals surface area contributed by atoms with Crippen LogP contribution < -0.4 is 15.2 Å². The van der Waals surface area contributed by atoms with E-state index in [0.717, 1.165) is 12.0 Å². The van der Waals surface area contributed by atoms with Crippen molar-refractivity contribution in [1.29, 1.82) is 0 Å². The molecule has 2 N–H and O–H groups in total. The summed E-state index contributed by atoms with van der Waals surface area (Å²) in [5.41, 5.74) is 4.28. The molecule has 0 spiro atoms. The highest BCUT2D eigenvalue weighted by Crippen LogP contribution is 2.23. The summed E-state index contributed by atoms with van der Waals surface area (Å²) < 4.78 is 24.9. The van der Waals surface area contributed by atoms with Crippen LogP contribution >= 0.6 is 0 Å². The summed E-state index contributed by atoms with van der Waals surface area (Å²) in [5.74, 6) is -0.517. The largest absolute Gasteiger partial charge is 0.312 e. The van der Waals surface area contributed by atoms with Crippen LogP contribution in [0.5, 0.6) is 0 Å². The summed E-state index contributed by atoms with van der Waals surface area (Å²) in [6.07, 6.45) is 1.30. The molecule has 29 heavy (non-hydrogen) atoms. The molecule has 0 unspecified atom stereocenters. The lowest BCUT2D eigenvalue weighted by Crippen LogP contribution is -2.41. The second-order valence-electron chi connectivity index (χ2n) is 8.03. The first-order valence-corrected chi connectivity index (χ1v) is 10.9. The molecule has 7 nitrogen and oxygen atoms in total. The molecule has 0 saturated carbocycles. The third-order valence-corrected chi connectivity index (χ3v) is 6.11. The van der Waals surface area contributed by atoms with E-state index in [1.165, 1.54) is 12.1 Å². The highest BCUT2D eigenvalue weighted by molar-refractivity contribution is 7.89. The molecular weight excluding hydrogens is 390 g/mol. The zero-order chi connectivity index (χ0) is 21.2. The molecule has 1 aliphatic heterocycles. The molecule has 1 aliphatic rings. The lowest BCUT2D eigenvalue weighted by molar-refractivity contribution is -0.117. The number of carbonyl (C=O) groups is 2. The maximum absolute atomic E-state index is 12.4. The van der Waals surface area contributed by atoms with Crippen molar-refractivity contribution < 1.29 is 18.0 Å². The molecule has 1 heterocycles. The Balaban J connectivity index is 1.65. The second kappa shape index (κ2) is 7.96. The normalized spacial score (nSPS) is 14.9. The van der Waals surface area contributed by atoms with Crippen molar-refractivity contribution in [1.82, 2.24) is 10.3 Å². The molecule has 2 amide bonds. The molecule has 0 aromatic heterocycles. The minimum Gasteiger partial charge on any atom is -0.312 e. The Morgan fingerprint density at radius 1 is 1.00 bits per heavy atom. The molecule has 1 saturated heterocycles. The minimum atomic E-state index is -3.93. The van der Waals surface area contributed by atoms with Crippen LogP contribution in [0.3, 0.4) is 0 Å². The number of rotatable bonds is 5. The second-order valence-corrected chi connectivity index (χ2v) is 9.71. The van der Waals surface area contributed by atoms with Gasteiger partial charge in [-0.3, -0.25) is 15.0 Å². The van der Waals surface area contributed by atoms with Crippen LogP contribution in [0.2, 0.25) is 0 Å². The van der Waals surface area contributed by atoms with Crippen LogP contribution in [0.1, 0.15) is 49.5 Å². The van der Waals surface area contributed by atoms with Gasteiger partial charge in [0.15, 0.2) is 0 Å². The standard InChI is InChI=1S/C21H25N3O4S/c1-21(2,3)16-8-6-15(7-9-16)20(26)22-23-29(27,28)18-12-10-17(11-13-18)24-14-4-5-19(24)25/h6-13,23H,4-5,14H2,1-3H3,(H,22,26). The molecule has 3 rings (SSSR count). The van der Waals surface area contributed by atoms with Crippen molar-refractivity contribution in [2.75, 3.05) is 11.4 Å². The first-order valence-electron chi connectivity index (χ1n) is 9.41. The van der Waals surface area contributed by atoms with Gasteiger partial charge in [0.1, 0.15) is 0 Å². The van der Waals surface area contributed by atoms with Gasteiger partial charge in [0, 0.05) is 24.2 Å². The number of carbonyl (C=O) groups excluding carboxylic acids is 2. The van der Waals surface area contributed by atoms with Gasteiger partial charge in [0.25, 0.3) is 15.9 Å². The van der Waals surface area contributed by atoms with E-state index in [9.17, 15) is 18.0 Å². The van der Waals surface area contributed by atoms with Crippen molar-refractivity contribution in [3.05, 3.63) is 59.7 Å². The van der Waals surface area contributed by atoms with Gasteiger partial charge < -0.3 is 4.90 Å². The summed E-state index contributed by atoms with van der Waals surface area (Å²) in [5, 5.41) is 0. The number of nitrogens with zero attached hydrogens (tertiary/aromatic N) is 1. The highest BCUT2D eigenvalue weighted by atomic mass is 32.2. The van der Waals surface area contributed by atoms with Crippen LogP contribution in [-0.4, -0.2) is 26.8 Å². The Kier molecular flexibility index (Phi) is 5.77. The molecule has 1 fully saturated rings. The van der Waals surface area contributed by atoms with E-state index in [-0.39, 0.29) is 16.2 Å². The number of hydrogen-bond acceptors (Lipinski definition) is 4. The molecule has 0 atom stereocenters. The van der Waals surface area contributed by atoms with Gasteiger partial charge in [-0.15, -0.1) is 4.83 Å². The number of amides is 2. The van der Waals surface area contributed by atoms with Crippen LogP contribution in [-0.2, 0) is 20.2 Å². The lowest BCUT2D eigenvalue weighted by atomic mass is 9.87. The quantitative estimate of drug-likeness (QED) is 0.734. The number of hydrazine groups is 1. The molecule has 154 valence electrons. The average molecular weight is 416 g/mol. The molecule has 0 radical (unpaired) electrons. The molecule has 2 aromatic carbocycles. The van der Waals surface area contributed by atoms with Crippen molar-refractivity contribution in [3.8, 4) is 0 Å². The predicted octanol–water partition coefficient (Wildman–Crippen LogP) is 2.73. The van der Waals surface area contributed by atoms with Crippen molar-refractivity contribution in [2.24, 2.45) is 0 Å². The molecule has 2 aromatic rings. The van der Waals surface area contributed by atoms with Crippen molar-refractivity contribution >= 4 is 27.5 Å². The number of hydrogen-bond donors (Lipinski definition) is 2. The van der Waals surface area contributed by atoms with E-state index < -0.39 is 15.9 Å². The van der Waals surface area contributed by atoms with Gasteiger partial charge >= 0.3 is 0 Å². The van der Waals surface area contributed by atoms with Gasteiger partial charge in [-0.1, -0.05) is 32.9 Å². The Morgan fingerprint density at radius 2 is 1.62 bits per heavy atom. The van der Waals surface area contributed by atoms with E-state index in [4.69, 9.17) is 0 Å². The van der Waals surface area contributed by atoms with Gasteiger partial charge in [0.05, 0.1) is 4.90 Å². The molecular formula is C21H25N3O4S. The SMILES string of the molecule is CC(C)(C)c1ccc(C(=O)NNS(=O)(=O)c2ccc(N3CCCC3=O)cc2)cc1. The molecule has 0 bridgehead atoms. The van der Waals surface area contributed by atoms with Gasteiger partial charge in [-0.05, 0) is 53.8 Å². The Bertz CT molecular complexity index is 1010. The highest BCUT2D eigenvalue weighted by Gasteiger charge is 2.23. The summed E-state index contributed by atoms with van der Waals surface area (Å²) >= 11 is 0. The van der Waals surface area contributed by atoms with Gasteiger partial charge in [0.2, 0.25) is 5.91 Å². The third kappa shape index (κ3) is 4.83. The van der Waals surface area contributed by atoms with Crippen molar-refractivity contribution in [3.63, 3.8) is 0 Å². The van der Waals surface area contributed by atoms with Crippen LogP contribution in [0.15, 0.2) is 53.4 Å². The summed E-state index contributed by atoms with van der Waals surface area (Å²) in [6.45, 7) is 6.84. The zero-order valence-electron chi connectivity index (χ0n) is 16.7. The van der Waals surface area contributed by atoms with Crippen LogP contribution in [0.4, 0.5) is 5.69 Å². The summed E-state index contributed by atoms with van der Waals surface area (Å²) in [6, 6.07) is 13.0. The monoisotopic (exact) mass is 415 g/mol. The Hall–Kier alpha value is -2.71. The van der Waals surface area contributed by atoms with E-state index in [1.54, 1.807) is 29.2 Å². The third-order valence-electron chi connectivity index (χ3n) is 4.84.